The summed E-state index contributed by atoms with van der Waals surface area (Å²) >= 11 is 7.22. The van der Waals surface area contributed by atoms with Crippen molar-refractivity contribution in [2.24, 2.45) is 0 Å². The average Bonchev–Trinajstić information content (AvgIpc) is 3.04. The highest BCUT2D eigenvalue weighted by molar-refractivity contribution is 8.00. The van der Waals surface area contributed by atoms with Gasteiger partial charge in [0.1, 0.15) is 0 Å². The molecule has 0 spiro atoms. The van der Waals surface area contributed by atoms with Crippen molar-refractivity contribution in [2.45, 2.75) is 24.3 Å². The highest BCUT2D eigenvalue weighted by atomic mass is 35.5. The molecule has 0 aliphatic heterocycles. The summed E-state index contributed by atoms with van der Waals surface area (Å²) in [5.41, 5.74) is 2.81. The molecule has 0 radical (unpaired) electrons. The molecule has 0 aliphatic rings. The predicted octanol–water partition coefficient (Wildman–Crippen LogP) is 4.55. The summed E-state index contributed by atoms with van der Waals surface area (Å²) in [6.45, 7) is 3.85. The minimum atomic E-state index is -0.347. The summed E-state index contributed by atoms with van der Waals surface area (Å²) in [7, 11) is 0. The van der Waals surface area contributed by atoms with Gasteiger partial charge in [-0.05, 0) is 32.0 Å². The molecule has 5 nitrogen and oxygen atoms in total. The highest BCUT2D eigenvalue weighted by Crippen LogP contribution is 2.24. The number of amides is 1. The minimum Gasteiger partial charge on any atom is -0.325 e. The van der Waals surface area contributed by atoms with Crippen LogP contribution in [0.15, 0.2) is 53.7 Å². The number of thioether (sulfide) groups is 1. The van der Waals surface area contributed by atoms with Crippen molar-refractivity contribution in [1.82, 2.24) is 15.2 Å². The number of nitrogens with zero attached hydrogens (tertiary/aromatic N) is 2. The molecule has 0 unspecified atom stereocenters. The van der Waals surface area contributed by atoms with Crippen LogP contribution in [-0.4, -0.2) is 26.3 Å². The fourth-order valence-corrected chi connectivity index (χ4v) is 3.08. The Morgan fingerprint density at radius 2 is 2.00 bits per heavy atom. The zero-order chi connectivity index (χ0) is 17.8. The van der Waals surface area contributed by atoms with Gasteiger partial charge in [0.25, 0.3) is 0 Å². The average molecular weight is 373 g/mol. The molecule has 0 bridgehead atoms. The van der Waals surface area contributed by atoms with Gasteiger partial charge in [-0.2, -0.15) is 0 Å². The maximum Gasteiger partial charge on any atom is 0.237 e. The van der Waals surface area contributed by atoms with Crippen LogP contribution in [-0.2, 0) is 4.79 Å². The third kappa shape index (κ3) is 4.61. The minimum absolute atomic E-state index is 0.131. The van der Waals surface area contributed by atoms with E-state index in [1.54, 1.807) is 24.3 Å². The van der Waals surface area contributed by atoms with Crippen molar-refractivity contribution in [3.05, 3.63) is 59.1 Å². The van der Waals surface area contributed by atoms with E-state index >= 15 is 0 Å². The molecule has 3 rings (SSSR count). The number of hydrogen-bond donors (Lipinski definition) is 2. The van der Waals surface area contributed by atoms with Gasteiger partial charge in [-0.3, -0.25) is 9.89 Å². The molecule has 25 heavy (non-hydrogen) atoms. The van der Waals surface area contributed by atoms with Crippen molar-refractivity contribution >= 4 is 35.0 Å². The Balaban J connectivity index is 1.63. The summed E-state index contributed by atoms with van der Waals surface area (Å²) in [6.07, 6.45) is 0. The monoisotopic (exact) mass is 372 g/mol. The first-order valence-corrected chi connectivity index (χ1v) is 8.99. The SMILES string of the molecule is Cc1ccc(-c2nc(S[C@H](C)C(=O)Nc3cccc(Cl)c3)n[nH]2)cc1. The summed E-state index contributed by atoms with van der Waals surface area (Å²) in [5, 5.41) is 10.7. The van der Waals surface area contributed by atoms with Crippen molar-refractivity contribution in [1.29, 1.82) is 0 Å². The first-order chi connectivity index (χ1) is 12.0. The third-order valence-electron chi connectivity index (χ3n) is 3.53. The number of anilines is 1. The van der Waals surface area contributed by atoms with Crippen LogP contribution in [0.3, 0.4) is 0 Å². The molecule has 1 atom stereocenters. The number of carbonyl (C=O) groups is 1. The van der Waals surface area contributed by atoms with Crippen LogP contribution in [0.5, 0.6) is 0 Å². The Bertz CT molecular complexity index is 879. The van der Waals surface area contributed by atoms with E-state index in [2.05, 4.69) is 20.5 Å². The summed E-state index contributed by atoms with van der Waals surface area (Å²) in [5.74, 6) is 0.555. The molecule has 128 valence electrons. The molecule has 2 aromatic carbocycles. The molecule has 0 fully saturated rings. The normalized spacial score (nSPS) is 12.0. The maximum absolute atomic E-state index is 12.3. The van der Waals surface area contributed by atoms with E-state index < -0.39 is 0 Å². The molecule has 0 aliphatic carbocycles. The number of aromatic nitrogens is 3. The molecular weight excluding hydrogens is 356 g/mol. The first kappa shape index (κ1) is 17.5. The molecular formula is C18H17ClN4OS. The standard InChI is InChI=1S/C18H17ClN4OS/c1-11-6-8-13(9-7-11)16-21-18(23-22-16)25-12(2)17(24)20-15-5-3-4-14(19)10-15/h3-10,12H,1-2H3,(H,20,24)(H,21,22,23)/t12-/m1/s1. The van der Waals surface area contributed by atoms with Crippen molar-refractivity contribution in [3.63, 3.8) is 0 Å². The van der Waals surface area contributed by atoms with Gasteiger partial charge in [0, 0.05) is 16.3 Å². The maximum atomic E-state index is 12.3. The fraction of sp³-hybridized carbons (Fsp3) is 0.167. The quantitative estimate of drug-likeness (QED) is 0.644. The van der Waals surface area contributed by atoms with E-state index in [1.807, 2.05) is 38.1 Å². The van der Waals surface area contributed by atoms with E-state index in [0.717, 1.165) is 5.56 Å². The van der Waals surface area contributed by atoms with Crippen LogP contribution in [0.25, 0.3) is 11.4 Å². The van der Waals surface area contributed by atoms with Crippen molar-refractivity contribution < 1.29 is 4.79 Å². The van der Waals surface area contributed by atoms with E-state index in [9.17, 15) is 4.79 Å². The largest absolute Gasteiger partial charge is 0.325 e. The van der Waals surface area contributed by atoms with Gasteiger partial charge >= 0.3 is 0 Å². The second kappa shape index (κ2) is 7.72. The topological polar surface area (TPSA) is 70.7 Å². The Hall–Kier alpha value is -2.31. The molecule has 1 heterocycles. The van der Waals surface area contributed by atoms with Crippen LogP contribution in [0.2, 0.25) is 5.02 Å². The van der Waals surface area contributed by atoms with Crippen LogP contribution >= 0.6 is 23.4 Å². The molecule has 3 aromatic rings. The number of rotatable bonds is 5. The van der Waals surface area contributed by atoms with Gasteiger partial charge in [0.2, 0.25) is 11.1 Å². The third-order valence-corrected chi connectivity index (χ3v) is 4.73. The number of nitrogens with one attached hydrogen (secondary N) is 2. The predicted molar refractivity (Wildman–Crippen MR) is 102 cm³/mol. The number of carbonyl (C=O) groups excluding carboxylic acids is 1. The van der Waals surface area contributed by atoms with Crippen LogP contribution in [0.4, 0.5) is 5.69 Å². The number of hydrogen-bond acceptors (Lipinski definition) is 4. The lowest BCUT2D eigenvalue weighted by molar-refractivity contribution is -0.115. The van der Waals surface area contributed by atoms with Gasteiger partial charge < -0.3 is 5.32 Å². The number of benzene rings is 2. The van der Waals surface area contributed by atoms with E-state index in [1.165, 1.54) is 17.3 Å². The summed E-state index contributed by atoms with van der Waals surface area (Å²) in [4.78, 5) is 16.8. The summed E-state index contributed by atoms with van der Waals surface area (Å²) in [6, 6.07) is 15.1. The van der Waals surface area contributed by atoms with Gasteiger partial charge in [-0.25, -0.2) is 4.98 Å². The lowest BCUT2D eigenvalue weighted by atomic mass is 10.1. The van der Waals surface area contributed by atoms with Gasteiger partial charge in [-0.1, -0.05) is 59.3 Å². The Morgan fingerprint density at radius 1 is 1.24 bits per heavy atom. The van der Waals surface area contributed by atoms with Crippen LogP contribution in [0.1, 0.15) is 12.5 Å². The van der Waals surface area contributed by atoms with E-state index in [4.69, 9.17) is 11.6 Å². The number of H-pyrrole nitrogens is 1. The van der Waals surface area contributed by atoms with Crippen molar-refractivity contribution in [3.8, 4) is 11.4 Å². The van der Waals surface area contributed by atoms with Gasteiger partial charge in [-0.15, -0.1) is 5.10 Å². The highest BCUT2D eigenvalue weighted by Gasteiger charge is 2.17. The van der Waals surface area contributed by atoms with Gasteiger partial charge in [0.05, 0.1) is 5.25 Å². The smallest absolute Gasteiger partial charge is 0.237 e. The zero-order valence-corrected chi connectivity index (χ0v) is 15.4. The second-order valence-corrected chi connectivity index (χ2v) is 7.34. The number of halogens is 1. The van der Waals surface area contributed by atoms with Crippen molar-refractivity contribution in [2.75, 3.05) is 5.32 Å². The lowest BCUT2D eigenvalue weighted by Crippen LogP contribution is -2.22. The Labute approximate surface area is 155 Å². The van der Waals surface area contributed by atoms with Crippen LogP contribution < -0.4 is 5.32 Å². The van der Waals surface area contributed by atoms with Crippen LogP contribution in [0, 0.1) is 6.92 Å². The van der Waals surface area contributed by atoms with Gasteiger partial charge in [0.15, 0.2) is 5.82 Å². The molecule has 1 aromatic heterocycles. The van der Waals surface area contributed by atoms with E-state index in [0.29, 0.717) is 21.7 Å². The Morgan fingerprint density at radius 3 is 2.72 bits per heavy atom. The molecule has 1 amide bonds. The second-order valence-electron chi connectivity index (χ2n) is 5.59. The number of aryl methyl sites for hydroxylation is 1. The molecule has 0 saturated heterocycles. The lowest BCUT2D eigenvalue weighted by Gasteiger charge is -2.10. The Kier molecular flexibility index (Phi) is 5.40. The molecule has 0 saturated carbocycles. The first-order valence-electron chi connectivity index (χ1n) is 7.74. The fourth-order valence-electron chi connectivity index (χ4n) is 2.16. The number of aromatic amines is 1. The molecule has 7 heteroatoms. The van der Waals surface area contributed by atoms with E-state index in [-0.39, 0.29) is 11.2 Å². The summed E-state index contributed by atoms with van der Waals surface area (Å²) < 4.78 is 0. The molecule has 2 N–H and O–H groups in total. The zero-order valence-electron chi connectivity index (χ0n) is 13.8.